The third-order valence-electron chi connectivity index (χ3n) is 3.09. The lowest BCUT2D eigenvalue weighted by Gasteiger charge is -2.21. The van der Waals surface area contributed by atoms with Crippen LogP contribution in [0.1, 0.15) is 12.0 Å². The van der Waals surface area contributed by atoms with Gasteiger partial charge in [-0.2, -0.15) is 0 Å². The second kappa shape index (κ2) is 5.64. The van der Waals surface area contributed by atoms with E-state index in [0.717, 1.165) is 31.1 Å². The highest BCUT2D eigenvalue weighted by molar-refractivity contribution is 6.30. The summed E-state index contributed by atoms with van der Waals surface area (Å²) in [6.07, 6.45) is 1.97. The van der Waals surface area contributed by atoms with E-state index in [1.807, 2.05) is 18.2 Å². The maximum absolute atomic E-state index is 5.95. The van der Waals surface area contributed by atoms with Gasteiger partial charge in [0.25, 0.3) is 0 Å². The topological polar surface area (TPSA) is 47.3 Å². The van der Waals surface area contributed by atoms with Gasteiger partial charge in [0.1, 0.15) is 0 Å². The van der Waals surface area contributed by atoms with Crippen LogP contribution in [0.3, 0.4) is 0 Å². The molecule has 0 saturated carbocycles. The average Bonchev–Trinajstić information content (AvgIpc) is 2.79. The maximum atomic E-state index is 5.95. The van der Waals surface area contributed by atoms with Crippen molar-refractivity contribution in [2.45, 2.75) is 18.9 Å². The first kappa shape index (κ1) is 11.9. The Labute approximate surface area is 101 Å². The monoisotopic (exact) mass is 240 g/mol. The fourth-order valence-corrected chi connectivity index (χ4v) is 2.36. The van der Waals surface area contributed by atoms with Crippen molar-refractivity contribution in [3.8, 4) is 0 Å². The number of hydrogen-bond acceptors (Lipinski definition) is 3. The van der Waals surface area contributed by atoms with Crippen molar-refractivity contribution in [1.29, 1.82) is 0 Å². The van der Waals surface area contributed by atoms with Gasteiger partial charge in [0.05, 0.1) is 6.61 Å². The third-order valence-corrected chi connectivity index (χ3v) is 3.33. The summed E-state index contributed by atoms with van der Waals surface area (Å²) in [5.74, 6) is 6.10. The minimum atomic E-state index is 0.265. The van der Waals surface area contributed by atoms with Gasteiger partial charge in [0.15, 0.2) is 0 Å². The van der Waals surface area contributed by atoms with Crippen LogP contribution in [-0.4, -0.2) is 19.3 Å². The number of hydrazine groups is 1. The molecule has 1 heterocycles. The predicted molar refractivity (Wildman–Crippen MR) is 65.2 cm³/mol. The van der Waals surface area contributed by atoms with E-state index in [2.05, 4.69) is 11.5 Å². The number of rotatable bonds is 4. The van der Waals surface area contributed by atoms with Crippen molar-refractivity contribution in [3.05, 3.63) is 34.9 Å². The lowest BCUT2D eigenvalue weighted by Crippen LogP contribution is -2.42. The highest BCUT2D eigenvalue weighted by atomic mass is 35.5. The molecule has 0 radical (unpaired) electrons. The number of hydrogen-bond donors (Lipinski definition) is 2. The zero-order chi connectivity index (χ0) is 11.4. The van der Waals surface area contributed by atoms with Crippen LogP contribution in [0, 0.1) is 5.92 Å². The summed E-state index contributed by atoms with van der Waals surface area (Å²) in [6.45, 7) is 1.65. The molecule has 3 N–H and O–H groups in total. The Hall–Kier alpha value is -0.610. The quantitative estimate of drug-likeness (QED) is 0.623. The molecule has 0 spiro atoms. The van der Waals surface area contributed by atoms with E-state index in [9.17, 15) is 0 Å². The molecule has 1 aromatic carbocycles. The summed E-state index contributed by atoms with van der Waals surface area (Å²) in [7, 11) is 0. The summed E-state index contributed by atoms with van der Waals surface area (Å²) in [5, 5.41) is 0.774. The summed E-state index contributed by atoms with van der Waals surface area (Å²) in [5.41, 5.74) is 4.10. The van der Waals surface area contributed by atoms with E-state index >= 15 is 0 Å². The van der Waals surface area contributed by atoms with Gasteiger partial charge < -0.3 is 4.74 Å². The van der Waals surface area contributed by atoms with E-state index in [1.165, 1.54) is 5.56 Å². The fraction of sp³-hybridized carbons (Fsp3) is 0.500. The molecule has 2 unspecified atom stereocenters. The number of halogens is 1. The average molecular weight is 241 g/mol. The lowest BCUT2D eigenvalue weighted by atomic mass is 9.93. The van der Waals surface area contributed by atoms with Crippen LogP contribution in [0.2, 0.25) is 5.02 Å². The molecule has 1 saturated heterocycles. The van der Waals surface area contributed by atoms with E-state index < -0.39 is 0 Å². The SMILES string of the molecule is NNC(Cc1cccc(Cl)c1)C1CCOC1. The van der Waals surface area contributed by atoms with Gasteiger partial charge in [-0.25, -0.2) is 0 Å². The van der Waals surface area contributed by atoms with Gasteiger partial charge in [-0.15, -0.1) is 0 Å². The molecule has 0 aliphatic carbocycles. The summed E-state index contributed by atoms with van der Waals surface area (Å²) in [6, 6.07) is 8.18. The van der Waals surface area contributed by atoms with Crippen molar-refractivity contribution in [2.75, 3.05) is 13.2 Å². The molecular weight excluding hydrogens is 224 g/mol. The number of nitrogens with two attached hydrogens (primary N) is 1. The Morgan fingerprint density at radius 3 is 3.06 bits per heavy atom. The highest BCUT2D eigenvalue weighted by Gasteiger charge is 2.24. The Balaban J connectivity index is 2.00. The second-order valence-electron chi connectivity index (χ2n) is 4.23. The lowest BCUT2D eigenvalue weighted by molar-refractivity contribution is 0.176. The van der Waals surface area contributed by atoms with Gasteiger partial charge in [-0.05, 0) is 30.5 Å². The maximum Gasteiger partial charge on any atom is 0.0510 e. The second-order valence-corrected chi connectivity index (χ2v) is 4.67. The standard InChI is InChI=1S/C12H17ClN2O/c13-11-3-1-2-9(6-11)7-12(15-14)10-4-5-16-8-10/h1-3,6,10,12,15H,4-5,7-8,14H2. The first-order valence-electron chi connectivity index (χ1n) is 5.58. The molecule has 0 amide bonds. The Morgan fingerprint density at radius 2 is 2.44 bits per heavy atom. The Bertz CT molecular complexity index is 340. The largest absolute Gasteiger partial charge is 0.381 e. The first-order chi connectivity index (χ1) is 7.79. The predicted octanol–water partition coefficient (Wildman–Crippen LogP) is 1.75. The van der Waals surface area contributed by atoms with Crippen LogP contribution in [0.15, 0.2) is 24.3 Å². The summed E-state index contributed by atoms with van der Waals surface area (Å²) in [4.78, 5) is 0. The van der Waals surface area contributed by atoms with Crippen LogP contribution in [0.4, 0.5) is 0 Å². The molecule has 1 fully saturated rings. The minimum absolute atomic E-state index is 0.265. The van der Waals surface area contributed by atoms with Gasteiger partial charge in [0.2, 0.25) is 0 Å². The molecule has 4 heteroatoms. The van der Waals surface area contributed by atoms with Crippen molar-refractivity contribution in [3.63, 3.8) is 0 Å². The van der Waals surface area contributed by atoms with Crippen LogP contribution < -0.4 is 11.3 Å². The molecular formula is C12H17ClN2O. The molecule has 2 atom stereocenters. The zero-order valence-corrected chi connectivity index (χ0v) is 9.91. The smallest absolute Gasteiger partial charge is 0.0510 e. The molecule has 2 rings (SSSR count). The highest BCUT2D eigenvalue weighted by Crippen LogP contribution is 2.20. The molecule has 0 bridgehead atoms. The zero-order valence-electron chi connectivity index (χ0n) is 9.16. The summed E-state index contributed by atoms with van der Waals surface area (Å²) >= 11 is 5.95. The Kier molecular flexibility index (Phi) is 4.18. The van der Waals surface area contributed by atoms with Crippen molar-refractivity contribution in [2.24, 2.45) is 11.8 Å². The number of ether oxygens (including phenoxy) is 1. The molecule has 0 aromatic heterocycles. The third kappa shape index (κ3) is 2.95. The van der Waals surface area contributed by atoms with E-state index in [4.69, 9.17) is 22.2 Å². The van der Waals surface area contributed by atoms with Crippen molar-refractivity contribution >= 4 is 11.6 Å². The number of nitrogens with one attached hydrogen (secondary N) is 1. The molecule has 88 valence electrons. The fourth-order valence-electron chi connectivity index (χ4n) is 2.15. The molecule has 1 aromatic rings. The van der Waals surface area contributed by atoms with Crippen LogP contribution in [0.25, 0.3) is 0 Å². The molecule has 16 heavy (non-hydrogen) atoms. The Morgan fingerprint density at radius 1 is 1.56 bits per heavy atom. The van der Waals surface area contributed by atoms with Crippen LogP contribution >= 0.6 is 11.6 Å². The van der Waals surface area contributed by atoms with Gasteiger partial charge in [-0.3, -0.25) is 11.3 Å². The van der Waals surface area contributed by atoms with E-state index in [-0.39, 0.29) is 6.04 Å². The minimum Gasteiger partial charge on any atom is -0.381 e. The van der Waals surface area contributed by atoms with Gasteiger partial charge in [0, 0.05) is 23.6 Å². The van der Waals surface area contributed by atoms with Crippen LogP contribution in [0.5, 0.6) is 0 Å². The molecule has 3 nitrogen and oxygen atoms in total. The summed E-state index contributed by atoms with van der Waals surface area (Å²) < 4.78 is 5.38. The first-order valence-corrected chi connectivity index (χ1v) is 5.95. The normalized spacial score (nSPS) is 22.2. The van der Waals surface area contributed by atoms with E-state index in [1.54, 1.807) is 0 Å². The van der Waals surface area contributed by atoms with Gasteiger partial charge >= 0.3 is 0 Å². The molecule has 1 aliphatic heterocycles. The van der Waals surface area contributed by atoms with Gasteiger partial charge in [-0.1, -0.05) is 23.7 Å². The van der Waals surface area contributed by atoms with E-state index in [0.29, 0.717) is 5.92 Å². The number of benzene rings is 1. The van der Waals surface area contributed by atoms with Crippen LogP contribution in [-0.2, 0) is 11.2 Å². The van der Waals surface area contributed by atoms with Crippen molar-refractivity contribution < 1.29 is 4.74 Å². The molecule has 1 aliphatic rings. The van der Waals surface area contributed by atoms with Crippen molar-refractivity contribution in [1.82, 2.24) is 5.43 Å².